The predicted molar refractivity (Wildman–Crippen MR) is 40.2 cm³/mol. The molecule has 1 aromatic rings. The highest BCUT2D eigenvalue weighted by molar-refractivity contribution is 5.52. The molecule has 0 aliphatic heterocycles. The van der Waals surface area contributed by atoms with E-state index in [1.54, 1.807) is 0 Å². The lowest BCUT2D eigenvalue weighted by Crippen LogP contribution is -2.04. The standard InChI is InChI=1S/C6H4F3N3O2/c7-2-1-3(12(13)14)6(10)11-4(2)5(8)9/h1,5H,(H2,10,11). The van der Waals surface area contributed by atoms with E-state index in [1.165, 1.54) is 0 Å². The van der Waals surface area contributed by atoms with Crippen molar-refractivity contribution in [2.75, 3.05) is 5.73 Å². The number of nitro groups is 1. The summed E-state index contributed by atoms with van der Waals surface area (Å²) in [5.41, 5.74) is 2.96. The Bertz CT molecular complexity index is 383. The second-order valence-corrected chi connectivity index (χ2v) is 2.32. The number of halogens is 3. The second kappa shape index (κ2) is 3.48. The minimum absolute atomic E-state index is 0.323. The van der Waals surface area contributed by atoms with Crippen molar-refractivity contribution < 1.29 is 18.1 Å². The molecule has 0 radical (unpaired) electrons. The summed E-state index contributed by atoms with van der Waals surface area (Å²) in [5.74, 6) is -2.17. The van der Waals surface area contributed by atoms with Crippen molar-refractivity contribution >= 4 is 11.5 Å². The fourth-order valence-electron chi connectivity index (χ4n) is 0.808. The zero-order valence-electron chi connectivity index (χ0n) is 6.58. The first-order chi connectivity index (χ1) is 6.43. The molecule has 1 rings (SSSR count). The topological polar surface area (TPSA) is 82.0 Å². The fourth-order valence-corrected chi connectivity index (χ4v) is 0.808. The fraction of sp³-hybridized carbons (Fsp3) is 0.167. The number of pyridine rings is 1. The quantitative estimate of drug-likeness (QED) is 0.590. The Labute approximate surface area is 75.5 Å². The van der Waals surface area contributed by atoms with Gasteiger partial charge in [0.15, 0.2) is 5.82 Å². The van der Waals surface area contributed by atoms with Crippen LogP contribution in [0.3, 0.4) is 0 Å². The highest BCUT2D eigenvalue weighted by Gasteiger charge is 2.22. The maximum atomic E-state index is 12.7. The molecule has 0 spiro atoms. The SMILES string of the molecule is Nc1nc(C(F)F)c(F)cc1[N+](=O)[O-]. The average Bonchev–Trinajstić information content (AvgIpc) is 2.07. The van der Waals surface area contributed by atoms with Crippen LogP contribution in [0.1, 0.15) is 12.1 Å². The molecular formula is C6H4F3N3O2. The van der Waals surface area contributed by atoms with Crippen molar-refractivity contribution in [2.24, 2.45) is 0 Å². The highest BCUT2D eigenvalue weighted by atomic mass is 19.3. The van der Waals surface area contributed by atoms with Gasteiger partial charge in [0.05, 0.1) is 11.0 Å². The molecule has 0 saturated heterocycles. The van der Waals surface area contributed by atoms with E-state index in [9.17, 15) is 23.3 Å². The summed E-state index contributed by atoms with van der Waals surface area (Å²) in [6.07, 6.45) is -3.15. The molecule has 0 aromatic carbocycles. The summed E-state index contributed by atoms with van der Waals surface area (Å²) in [4.78, 5) is 12.1. The number of hydrogen-bond donors (Lipinski definition) is 1. The predicted octanol–water partition coefficient (Wildman–Crippen LogP) is 1.65. The van der Waals surface area contributed by atoms with Gasteiger partial charge in [-0.2, -0.15) is 0 Å². The van der Waals surface area contributed by atoms with E-state index < -0.39 is 34.4 Å². The zero-order valence-corrected chi connectivity index (χ0v) is 6.58. The highest BCUT2D eigenvalue weighted by Crippen LogP contribution is 2.26. The molecule has 76 valence electrons. The number of hydrogen-bond acceptors (Lipinski definition) is 4. The van der Waals surface area contributed by atoms with Crippen molar-refractivity contribution in [2.45, 2.75) is 6.43 Å². The van der Waals surface area contributed by atoms with Gasteiger partial charge in [0.25, 0.3) is 6.43 Å². The molecule has 0 atom stereocenters. The number of nitrogens with two attached hydrogens (primary N) is 1. The molecular weight excluding hydrogens is 203 g/mol. The summed E-state index contributed by atoms with van der Waals surface area (Å²) in [7, 11) is 0. The third kappa shape index (κ3) is 1.73. The zero-order chi connectivity index (χ0) is 10.9. The molecule has 5 nitrogen and oxygen atoms in total. The van der Waals surface area contributed by atoms with Gasteiger partial charge in [-0.25, -0.2) is 18.2 Å². The van der Waals surface area contributed by atoms with Crippen LogP contribution in [0.2, 0.25) is 0 Å². The second-order valence-electron chi connectivity index (χ2n) is 2.32. The van der Waals surface area contributed by atoms with Crippen LogP contribution in [0.25, 0.3) is 0 Å². The van der Waals surface area contributed by atoms with Crippen molar-refractivity contribution in [1.82, 2.24) is 4.98 Å². The van der Waals surface area contributed by atoms with Crippen LogP contribution in [-0.2, 0) is 0 Å². The molecule has 0 bridgehead atoms. The monoisotopic (exact) mass is 207 g/mol. The molecule has 1 aromatic heterocycles. The summed E-state index contributed by atoms with van der Waals surface area (Å²) in [6.45, 7) is 0. The number of nitrogen functional groups attached to an aromatic ring is 1. The van der Waals surface area contributed by atoms with Crippen LogP contribution >= 0.6 is 0 Å². The van der Waals surface area contributed by atoms with E-state index in [2.05, 4.69) is 4.98 Å². The van der Waals surface area contributed by atoms with Crippen molar-refractivity contribution in [3.63, 3.8) is 0 Å². The number of alkyl halides is 2. The van der Waals surface area contributed by atoms with Crippen molar-refractivity contribution in [3.05, 3.63) is 27.7 Å². The van der Waals surface area contributed by atoms with E-state index in [0.717, 1.165) is 0 Å². The molecule has 0 saturated carbocycles. The van der Waals surface area contributed by atoms with Crippen LogP contribution in [0, 0.1) is 15.9 Å². The van der Waals surface area contributed by atoms with Crippen LogP contribution < -0.4 is 5.73 Å². The summed E-state index contributed by atoms with van der Waals surface area (Å²) in [6, 6.07) is 0.323. The Morgan fingerprint density at radius 1 is 1.57 bits per heavy atom. The number of nitrogens with zero attached hydrogens (tertiary/aromatic N) is 2. The van der Waals surface area contributed by atoms with Gasteiger partial charge in [-0.15, -0.1) is 0 Å². The van der Waals surface area contributed by atoms with Crippen LogP contribution in [0.4, 0.5) is 24.7 Å². The van der Waals surface area contributed by atoms with Gasteiger partial charge < -0.3 is 5.73 Å². The lowest BCUT2D eigenvalue weighted by atomic mass is 10.3. The number of aromatic nitrogens is 1. The molecule has 0 aliphatic rings. The van der Waals surface area contributed by atoms with E-state index in [0.29, 0.717) is 6.07 Å². The van der Waals surface area contributed by atoms with Crippen LogP contribution in [-0.4, -0.2) is 9.91 Å². The molecule has 1 heterocycles. The first-order valence-electron chi connectivity index (χ1n) is 3.32. The van der Waals surface area contributed by atoms with E-state index in [-0.39, 0.29) is 0 Å². The van der Waals surface area contributed by atoms with Gasteiger partial charge in [-0.3, -0.25) is 10.1 Å². The third-order valence-electron chi connectivity index (χ3n) is 1.41. The Morgan fingerprint density at radius 3 is 2.57 bits per heavy atom. The minimum Gasteiger partial charge on any atom is -0.378 e. The van der Waals surface area contributed by atoms with E-state index in [4.69, 9.17) is 5.73 Å². The molecule has 0 fully saturated rings. The Kier molecular flexibility index (Phi) is 2.54. The maximum Gasteiger partial charge on any atom is 0.314 e. The normalized spacial score (nSPS) is 10.6. The van der Waals surface area contributed by atoms with Gasteiger partial charge in [0, 0.05) is 0 Å². The summed E-state index contributed by atoms with van der Waals surface area (Å²) in [5, 5.41) is 10.2. The Balaban J connectivity index is 3.31. The Morgan fingerprint density at radius 2 is 2.14 bits per heavy atom. The number of anilines is 1. The Hall–Kier alpha value is -1.86. The van der Waals surface area contributed by atoms with Gasteiger partial charge in [0.1, 0.15) is 5.69 Å². The number of rotatable bonds is 2. The van der Waals surface area contributed by atoms with Gasteiger partial charge in [0.2, 0.25) is 5.82 Å². The average molecular weight is 207 g/mol. The summed E-state index contributed by atoms with van der Waals surface area (Å²) < 4.78 is 36.8. The van der Waals surface area contributed by atoms with Crippen molar-refractivity contribution in [3.8, 4) is 0 Å². The van der Waals surface area contributed by atoms with Gasteiger partial charge >= 0.3 is 5.69 Å². The molecule has 0 aliphatic carbocycles. The van der Waals surface area contributed by atoms with Crippen LogP contribution in [0.5, 0.6) is 0 Å². The van der Waals surface area contributed by atoms with Gasteiger partial charge in [-0.1, -0.05) is 0 Å². The largest absolute Gasteiger partial charge is 0.378 e. The molecule has 14 heavy (non-hydrogen) atoms. The van der Waals surface area contributed by atoms with E-state index >= 15 is 0 Å². The first kappa shape index (κ1) is 10.2. The van der Waals surface area contributed by atoms with Crippen molar-refractivity contribution in [1.29, 1.82) is 0 Å². The minimum atomic E-state index is -3.15. The van der Waals surface area contributed by atoms with Crippen LogP contribution in [0.15, 0.2) is 6.07 Å². The molecule has 2 N–H and O–H groups in total. The maximum absolute atomic E-state index is 12.7. The lowest BCUT2D eigenvalue weighted by molar-refractivity contribution is -0.384. The third-order valence-corrected chi connectivity index (χ3v) is 1.41. The summed E-state index contributed by atoms with van der Waals surface area (Å²) >= 11 is 0. The lowest BCUT2D eigenvalue weighted by Gasteiger charge is -2.02. The first-order valence-corrected chi connectivity index (χ1v) is 3.32. The molecule has 8 heteroatoms. The smallest absolute Gasteiger partial charge is 0.314 e. The molecule has 0 amide bonds. The molecule has 0 unspecified atom stereocenters. The van der Waals surface area contributed by atoms with Gasteiger partial charge in [-0.05, 0) is 0 Å². The van der Waals surface area contributed by atoms with E-state index in [1.807, 2.05) is 0 Å².